The molecule has 8 heteroatoms. The molecule has 3 rings (SSSR count). The number of hydrogen-bond donors (Lipinski definition) is 1. The highest BCUT2D eigenvalue weighted by atomic mass is 16.5. The number of anilines is 1. The van der Waals surface area contributed by atoms with Crippen molar-refractivity contribution in [1.82, 2.24) is 10.3 Å². The first-order valence-electron chi connectivity index (χ1n) is 11.2. The van der Waals surface area contributed by atoms with Crippen molar-refractivity contribution in [2.45, 2.75) is 32.5 Å². The average Bonchev–Trinajstić information content (AvgIpc) is 2.88. The van der Waals surface area contributed by atoms with Gasteiger partial charge in [-0.3, -0.25) is 4.79 Å². The van der Waals surface area contributed by atoms with E-state index in [2.05, 4.69) is 15.2 Å². The number of aromatic nitrogens is 1. The summed E-state index contributed by atoms with van der Waals surface area (Å²) in [6.07, 6.45) is 2.01. The highest BCUT2D eigenvalue weighted by molar-refractivity contribution is 5.83. The molecule has 1 heterocycles. The molecule has 0 aliphatic carbocycles. The summed E-state index contributed by atoms with van der Waals surface area (Å²) in [6.45, 7) is 2.64. The van der Waals surface area contributed by atoms with Crippen molar-refractivity contribution in [1.29, 1.82) is 0 Å². The largest absolute Gasteiger partial charge is 0.497 e. The zero-order valence-electron chi connectivity index (χ0n) is 20.5. The number of methoxy groups -OCH3 is 3. The number of carbonyl (C=O) groups is 2. The Balaban J connectivity index is 1.82. The molecule has 184 valence electrons. The van der Waals surface area contributed by atoms with E-state index in [0.29, 0.717) is 13.1 Å². The van der Waals surface area contributed by atoms with E-state index >= 15 is 0 Å². The standard InChI is InChI=1S/C27H31N3O5/c1-19(31)29-25(27(32)35-4)15-22-9-14-26(28-16-22)30(17-20-5-10-23(33-2)11-6-20)18-21-7-12-24(34-3)13-8-21/h5-14,16,25H,15,17-18H2,1-4H3,(H,29,31). The summed E-state index contributed by atoms with van der Waals surface area (Å²) in [6, 6.07) is 18.9. The van der Waals surface area contributed by atoms with E-state index in [4.69, 9.17) is 14.2 Å². The smallest absolute Gasteiger partial charge is 0.328 e. The van der Waals surface area contributed by atoms with E-state index in [1.807, 2.05) is 60.7 Å². The predicted octanol–water partition coefficient (Wildman–Crippen LogP) is 3.53. The fourth-order valence-corrected chi connectivity index (χ4v) is 3.66. The number of benzene rings is 2. The van der Waals surface area contributed by atoms with Crippen LogP contribution in [0.1, 0.15) is 23.6 Å². The molecule has 0 aliphatic heterocycles. The molecule has 0 radical (unpaired) electrons. The molecule has 0 bridgehead atoms. The van der Waals surface area contributed by atoms with Gasteiger partial charge < -0.3 is 24.4 Å². The number of amides is 1. The predicted molar refractivity (Wildman–Crippen MR) is 133 cm³/mol. The molecule has 0 fully saturated rings. The van der Waals surface area contributed by atoms with Crippen molar-refractivity contribution < 1.29 is 23.8 Å². The fraction of sp³-hybridized carbons (Fsp3) is 0.296. The summed E-state index contributed by atoms with van der Waals surface area (Å²) in [5.74, 6) is 1.60. The molecule has 1 N–H and O–H groups in total. The maximum Gasteiger partial charge on any atom is 0.328 e. The van der Waals surface area contributed by atoms with E-state index in [1.54, 1.807) is 20.4 Å². The van der Waals surface area contributed by atoms with Crippen molar-refractivity contribution in [2.75, 3.05) is 26.2 Å². The minimum Gasteiger partial charge on any atom is -0.497 e. The molecule has 8 nitrogen and oxygen atoms in total. The van der Waals surface area contributed by atoms with Crippen LogP contribution in [0, 0.1) is 0 Å². The van der Waals surface area contributed by atoms with E-state index in [1.165, 1.54) is 14.0 Å². The second-order valence-electron chi connectivity index (χ2n) is 8.06. The second-order valence-corrected chi connectivity index (χ2v) is 8.06. The Morgan fingerprint density at radius 2 is 1.34 bits per heavy atom. The summed E-state index contributed by atoms with van der Waals surface area (Å²) >= 11 is 0. The molecule has 35 heavy (non-hydrogen) atoms. The van der Waals surface area contributed by atoms with Gasteiger partial charge in [0.2, 0.25) is 5.91 Å². The van der Waals surface area contributed by atoms with Gasteiger partial charge in [0, 0.05) is 32.6 Å². The number of hydrogen-bond acceptors (Lipinski definition) is 7. The molecule has 3 aromatic rings. The Hall–Kier alpha value is -4.07. The lowest BCUT2D eigenvalue weighted by Gasteiger charge is -2.25. The topological polar surface area (TPSA) is 90.0 Å². The Kier molecular flexibility index (Phi) is 9.06. The number of pyridine rings is 1. The van der Waals surface area contributed by atoms with Gasteiger partial charge in [0.1, 0.15) is 23.4 Å². The first kappa shape index (κ1) is 25.6. The van der Waals surface area contributed by atoms with E-state index in [0.717, 1.165) is 34.0 Å². The zero-order chi connectivity index (χ0) is 25.2. The third-order valence-electron chi connectivity index (χ3n) is 5.50. The minimum absolute atomic E-state index is 0.288. The Morgan fingerprint density at radius 1 is 0.829 bits per heavy atom. The molecule has 1 atom stereocenters. The van der Waals surface area contributed by atoms with Crippen LogP contribution < -0.4 is 19.7 Å². The third kappa shape index (κ3) is 7.46. The Bertz CT molecular complexity index is 1050. The van der Waals surface area contributed by atoms with Gasteiger partial charge in [-0.2, -0.15) is 0 Å². The molecule has 1 amide bonds. The normalized spacial score (nSPS) is 11.3. The van der Waals surface area contributed by atoms with Crippen LogP contribution in [0.5, 0.6) is 11.5 Å². The summed E-state index contributed by atoms with van der Waals surface area (Å²) in [7, 11) is 4.59. The number of esters is 1. The Morgan fingerprint density at radius 3 is 1.74 bits per heavy atom. The number of rotatable bonds is 11. The SMILES string of the molecule is COC(=O)C(Cc1ccc(N(Cc2ccc(OC)cc2)Cc2ccc(OC)cc2)nc1)NC(C)=O. The van der Waals surface area contributed by atoms with Crippen molar-refractivity contribution in [3.05, 3.63) is 83.6 Å². The Labute approximate surface area is 205 Å². The van der Waals surface area contributed by atoms with Crippen LogP contribution in [-0.2, 0) is 33.8 Å². The van der Waals surface area contributed by atoms with Crippen LogP contribution in [0.4, 0.5) is 5.82 Å². The van der Waals surface area contributed by atoms with Gasteiger partial charge in [0.25, 0.3) is 0 Å². The fourth-order valence-electron chi connectivity index (χ4n) is 3.66. The summed E-state index contributed by atoms with van der Waals surface area (Å²) in [5.41, 5.74) is 3.04. The van der Waals surface area contributed by atoms with Crippen molar-refractivity contribution in [3.63, 3.8) is 0 Å². The highest BCUT2D eigenvalue weighted by Crippen LogP contribution is 2.22. The van der Waals surface area contributed by atoms with Crippen molar-refractivity contribution in [2.24, 2.45) is 0 Å². The number of nitrogens with one attached hydrogen (secondary N) is 1. The van der Waals surface area contributed by atoms with Gasteiger partial charge in [0.15, 0.2) is 0 Å². The molecule has 0 saturated heterocycles. The van der Waals surface area contributed by atoms with Crippen molar-refractivity contribution >= 4 is 17.7 Å². The first-order valence-corrected chi connectivity index (χ1v) is 11.2. The maximum absolute atomic E-state index is 12.0. The van der Waals surface area contributed by atoms with E-state index in [9.17, 15) is 9.59 Å². The van der Waals surface area contributed by atoms with Gasteiger partial charge in [-0.05, 0) is 47.0 Å². The van der Waals surface area contributed by atoms with Gasteiger partial charge in [0.05, 0.1) is 21.3 Å². The van der Waals surface area contributed by atoms with E-state index in [-0.39, 0.29) is 12.3 Å². The second kappa shape index (κ2) is 12.4. The number of ether oxygens (including phenoxy) is 3. The summed E-state index contributed by atoms with van der Waals surface area (Å²) in [5, 5.41) is 2.63. The summed E-state index contributed by atoms with van der Waals surface area (Å²) < 4.78 is 15.4. The minimum atomic E-state index is -0.764. The molecule has 1 unspecified atom stereocenters. The highest BCUT2D eigenvalue weighted by Gasteiger charge is 2.21. The van der Waals surface area contributed by atoms with E-state index < -0.39 is 12.0 Å². The maximum atomic E-state index is 12.0. The molecule has 0 aliphatic rings. The lowest BCUT2D eigenvalue weighted by atomic mass is 10.1. The van der Waals surface area contributed by atoms with Crippen LogP contribution >= 0.6 is 0 Å². The lowest BCUT2D eigenvalue weighted by molar-refractivity contribution is -0.144. The van der Waals surface area contributed by atoms with Crippen LogP contribution in [0.15, 0.2) is 66.9 Å². The molecular formula is C27H31N3O5. The number of nitrogens with zero attached hydrogens (tertiary/aromatic N) is 2. The lowest BCUT2D eigenvalue weighted by Crippen LogP contribution is -2.42. The van der Waals surface area contributed by atoms with Crippen molar-refractivity contribution in [3.8, 4) is 11.5 Å². The van der Waals surface area contributed by atoms with Gasteiger partial charge in [-0.1, -0.05) is 30.3 Å². The first-order chi connectivity index (χ1) is 16.9. The third-order valence-corrected chi connectivity index (χ3v) is 5.50. The average molecular weight is 478 g/mol. The molecule has 2 aromatic carbocycles. The molecule has 0 saturated carbocycles. The quantitative estimate of drug-likeness (QED) is 0.423. The zero-order valence-corrected chi connectivity index (χ0v) is 20.5. The van der Waals surface area contributed by atoms with Crippen LogP contribution in [-0.4, -0.2) is 44.2 Å². The monoisotopic (exact) mass is 477 g/mol. The van der Waals surface area contributed by atoms with Crippen LogP contribution in [0.3, 0.4) is 0 Å². The number of carbonyl (C=O) groups excluding carboxylic acids is 2. The van der Waals surface area contributed by atoms with Crippen LogP contribution in [0.2, 0.25) is 0 Å². The molecule has 0 spiro atoms. The van der Waals surface area contributed by atoms with Gasteiger partial charge in [-0.25, -0.2) is 9.78 Å². The molecule has 1 aromatic heterocycles. The molecular weight excluding hydrogens is 446 g/mol. The van der Waals surface area contributed by atoms with Gasteiger partial charge >= 0.3 is 5.97 Å². The van der Waals surface area contributed by atoms with Gasteiger partial charge in [-0.15, -0.1) is 0 Å². The summed E-state index contributed by atoms with van der Waals surface area (Å²) in [4.78, 5) is 30.4. The van der Waals surface area contributed by atoms with Crippen LogP contribution in [0.25, 0.3) is 0 Å².